The van der Waals surface area contributed by atoms with Gasteiger partial charge >= 0.3 is 0 Å². The number of aryl methyl sites for hydroxylation is 2. The van der Waals surface area contributed by atoms with Crippen molar-refractivity contribution in [2.45, 2.75) is 47.5 Å². The van der Waals surface area contributed by atoms with E-state index in [4.69, 9.17) is 0 Å². The Hall–Kier alpha value is -4.23. The van der Waals surface area contributed by atoms with Crippen molar-refractivity contribution in [2.75, 3.05) is 25.0 Å². The molecular formula is C33H37N5O2. The molecule has 0 bridgehead atoms. The summed E-state index contributed by atoms with van der Waals surface area (Å²) in [7, 11) is 0. The largest absolute Gasteiger partial charge is 0.358 e. The summed E-state index contributed by atoms with van der Waals surface area (Å²) in [5, 5.41) is 7.54. The normalized spacial score (nSPS) is 13.8. The fourth-order valence-electron chi connectivity index (χ4n) is 5.50. The molecular weight excluding hydrogens is 498 g/mol. The number of aromatic amines is 1. The number of hydrogen-bond acceptors (Lipinski definition) is 4. The summed E-state index contributed by atoms with van der Waals surface area (Å²) in [6.07, 6.45) is 7.06. The van der Waals surface area contributed by atoms with Gasteiger partial charge in [-0.25, -0.2) is 4.68 Å². The lowest BCUT2D eigenvalue weighted by Gasteiger charge is -2.17. The number of benzene rings is 2. The Bertz CT molecular complexity index is 1600. The van der Waals surface area contributed by atoms with E-state index >= 15 is 0 Å². The molecule has 5 rings (SSSR count). The van der Waals surface area contributed by atoms with Crippen LogP contribution in [0.2, 0.25) is 0 Å². The summed E-state index contributed by atoms with van der Waals surface area (Å²) in [5.41, 5.74) is 9.56. The topological polar surface area (TPSA) is 83.0 Å². The second-order valence-corrected chi connectivity index (χ2v) is 10.5. The van der Waals surface area contributed by atoms with E-state index in [1.165, 1.54) is 5.56 Å². The van der Waals surface area contributed by atoms with Gasteiger partial charge in [0.25, 0.3) is 5.91 Å². The molecule has 3 heterocycles. The molecule has 0 fully saturated rings. The maximum absolute atomic E-state index is 13.1. The monoisotopic (exact) mass is 535 g/mol. The first kappa shape index (κ1) is 27.3. The number of Topliss-reactive ketones (excluding diaryl/α,β-unsaturated/α-hetero) is 1. The van der Waals surface area contributed by atoms with Crippen molar-refractivity contribution in [1.82, 2.24) is 19.7 Å². The molecule has 1 amide bonds. The molecule has 2 aromatic heterocycles. The fourth-order valence-corrected chi connectivity index (χ4v) is 5.50. The maximum Gasteiger partial charge on any atom is 0.256 e. The van der Waals surface area contributed by atoms with Crippen molar-refractivity contribution in [1.29, 1.82) is 0 Å². The van der Waals surface area contributed by atoms with Crippen LogP contribution >= 0.6 is 0 Å². The number of nitrogens with one attached hydrogen (secondary N) is 2. The lowest BCUT2D eigenvalue weighted by Crippen LogP contribution is -2.24. The van der Waals surface area contributed by atoms with E-state index in [0.29, 0.717) is 12.0 Å². The predicted octanol–water partition coefficient (Wildman–Crippen LogP) is 6.59. The maximum atomic E-state index is 13.1. The summed E-state index contributed by atoms with van der Waals surface area (Å²) < 4.78 is 1.86. The Balaban J connectivity index is 1.41. The number of nitrogens with zero attached hydrogens (tertiary/aromatic N) is 3. The number of ketones is 1. The van der Waals surface area contributed by atoms with E-state index < -0.39 is 0 Å². The minimum Gasteiger partial charge on any atom is -0.358 e. The number of anilines is 1. The smallest absolute Gasteiger partial charge is 0.256 e. The number of H-pyrrole nitrogens is 1. The lowest BCUT2D eigenvalue weighted by molar-refractivity contribution is -0.110. The second kappa shape index (κ2) is 11.5. The van der Waals surface area contributed by atoms with E-state index in [-0.39, 0.29) is 11.7 Å². The van der Waals surface area contributed by atoms with E-state index in [1.807, 2.05) is 67.3 Å². The van der Waals surface area contributed by atoms with Crippen molar-refractivity contribution < 1.29 is 9.59 Å². The summed E-state index contributed by atoms with van der Waals surface area (Å²) >= 11 is 0. The van der Waals surface area contributed by atoms with Crippen LogP contribution in [0.1, 0.15) is 65.1 Å². The molecule has 0 saturated heterocycles. The van der Waals surface area contributed by atoms with Gasteiger partial charge in [-0.3, -0.25) is 9.59 Å². The Morgan fingerprint density at radius 3 is 2.60 bits per heavy atom. The van der Waals surface area contributed by atoms with Crippen LogP contribution in [0.4, 0.5) is 5.69 Å². The highest BCUT2D eigenvalue weighted by molar-refractivity contribution is 6.35. The van der Waals surface area contributed by atoms with Gasteiger partial charge in [-0.1, -0.05) is 32.0 Å². The molecule has 206 valence electrons. The van der Waals surface area contributed by atoms with Gasteiger partial charge in [-0.2, -0.15) is 5.10 Å². The van der Waals surface area contributed by atoms with Crippen LogP contribution in [0.25, 0.3) is 28.5 Å². The first-order valence-electron chi connectivity index (χ1n) is 14.0. The standard InChI is InChI=1S/C33H37N5O2/c1-6-37(7-2)15-9-12-31(39)32-22(4)30(35-23(32)5)18-28-27-17-24(13-14-29(27)36-33(28)40)25-19-34-38(20-25)26-11-8-10-21(3)16-26/h8,10-11,13-14,16-20,35H,6-7,9,12,15H2,1-5H3,(H,36,40)/b28-18-. The third-order valence-corrected chi connectivity index (χ3v) is 7.80. The highest BCUT2D eigenvalue weighted by Crippen LogP contribution is 2.37. The molecule has 7 nitrogen and oxygen atoms in total. The molecule has 2 aromatic carbocycles. The van der Waals surface area contributed by atoms with Crippen LogP contribution in [0, 0.1) is 20.8 Å². The Morgan fingerprint density at radius 1 is 1.05 bits per heavy atom. The van der Waals surface area contributed by atoms with Gasteiger partial charge in [0, 0.05) is 46.4 Å². The Kier molecular flexibility index (Phi) is 7.85. The molecule has 0 unspecified atom stereocenters. The van der Waals surface area contributed by atoms with Crippen LogP contribution in [0.15, 0.2) is 54.9 Å². The molecule has 0 atom stereocenters. The number of fused-ring (bicyclic) bond motifs is 1. The van der Waals surface area contributed by atoms with Gasteiger partial charge in [0.2, 0.25) is 0 Å². The summed E-state index contributed by atoms with van der Waals surface area (Å²) in [5.74, 6) is -0.00593. The van der Waals surface area contributed by atoms with Gasteiger partial charge in [0.15, 0.2) is 5.78 Å². The molecule has 1 aliphatic heterocycles. The van der Waals surface area contributed by atoms with Gasteiger partial charge in [-0.05, 0) is 93.9 Å². The number of carbonyl (C=O) groups excluding carboxylic acids is 2. The molecule has 1 aliphatic rings. The van der Waals surface area contributed by atoms with Crippen LogP contribution in [-0.2, 0) is 4.79 Å². The van der Waals surface area contributed by atoms with Crippen LogP contribution in [-0.4, -0.2) is 51.0 Å². The Labute approximate surface area is 235 Å². The van der Waals surface area contributed by atoms with Crippen molar-refractivity contribution >= 4 is 29.0 Å². The first-order chi connectivity index (χ1) is 19.3. The Morgan fingerprint density at radius 2 is 1.85 bits per heavy atom. The number of amides is 1. The van der Waals surface area contributed by atoms with Gasteiger partial charge < -0.3 is 15.2 Å². The summed E-state index contributed by atoms with van der Waals surface area (Å²) in [6, 6.07) is 14.2. The third kappa shape index (κ3) is 5.42. The summed E-state index contributed by atoms with van der Waals surface area (Å²) in [4.78, 5) is 31.9. The van der Waals surface area contributed by atoms with Gasteiger partial charge in [0.1, 0.15) is 0 Å². The zero-order chi connectivity index (χ0) is 28.4. The van der Waals surface area contributed by atoms with Crippen molar-refractivity contribution in [3.8, 4) is 16.8 Å². The minimum absolute atomic E-state index is 0.146. The van der Waals surface area contributed by atoms with E-state index in [1.54, 1.807) is 0 Å². The number of rotatable bonds is 10. The molecule has 7 heteroatoms. The molecule has 2 N–H and O–H groups in total. The van der Waals surface area contributed by atoms with Crippen LogP contribution < -0.4 is 5.32 Å². The fraction of sp³-hybridized carbons (Fsp3) is 0.303. The van der Waals surface area contributed by atoms with Gasteiger partial charge in [-0.15, -0.1) is 0 Å². The van der Waals surface area contributed by atoms with Crippen LogP contribution in [0.5, 0.6) is 0 Å². The number of hydrogen-bond donors (Lipinski definition) is 2. The average Bonchev–Trinajstić information content (AvgIpc) is 3.62. The SMILES string of the molecule is CCN(CC)CCCC(=O)c1c(C)[nH]c(/C=C2\C(=O)Nc3ccc(-c4cnn(-c5cccc(C)c5)c4)cc32)c1C. The molecule has 4 aromatic rings. The number of carbonyl (C=O) groups is 2. The van der Waals surface area contributed by atoms with E-state index in [9.17, 15) is 9.59 Å². The third-order valence-electron chi connectivity index (χ3n) is 7.80. The molecule has 40 heavy (non-hydrogen) atoms. The molecule has 0 saturated carbocycles. The number of aromatic nitrogens is 3. The predicted molar refractivity (Wildman–Crippen MR) is 162 cm³/mol. The highest BCUT2D eigenvalue weighted by atomic mass is 16.2. The van der Waals surface area contributed by atoms with Crippen LogP contribution in [0.3, 0.4) is 0 Å². The average molecular weight is 536 g/mol. The zero-order valence-corrected chi connectivity index (χ0v) is 24.0. The molecule has 0 aliphatic carbocycles. The minimum atomic E-state index is -0.152. The molecule has 0 radical (unpaired) electrons. The van der Waals surface area contributed by atoms with E-state index in [0.717, 1.165) is 76.6 Å². The van der Waals surface area contributed by atoms with Crippen molar-refractivity contribution in [3.63, 3.8) is 0 Å². The zero-order valence-electron chi connectivity index (χ0n) is 24.0. The van der Waals surface area contributed by atoms with E-state index in [2.05, 4.69) is 53.2 Å². The lowest BCUT2D eigenvalue weighted by atomic mass is 9.98. The highest BCUT2D eigenvalue weighted by Gasteiger charge is 2.26. The van der Waals surface area contributed by atoms with Gasteiger partial charge in [0.05, 0.1) is 17.5 Å². The quantitative estimate of drug-likeness (QED) is 0.177. The van der Waals surface area contributed by atoms with Crippen molar-refractivity contribution in [2.24, 2.45) is 0 Å². The molecule has 0 spiro atoms. The second-order valence-electron chi connectivity index (χ2n) is 10.5. The first-order valence-corrected chi connectivity index (χ1v) is 14.0. The summed E-state index contributed by atoms with van der Waals surface area (Å²) in [6.45, 7) is 13.1. The van der Waals surface area contributed by atoms with Crippen molar-refractivity contribution in [3.05, 3.63) is 88.5 Å².